The second kappa shape index (κ2) is 4.80. The van der Waals surface area contributed by atoms with Gasteiger partial charge in [0, 0.05) is 31.9 Å². The van der Waals surface area contributed by atoms with Gasteiger partial charge in [0.2, 0.25) is 0 Å². The van der Waals surface area contributed by atoms with Gasteiger partial charge < -0.3 is 10.2 Å². The minimum absolute atomic E-state index is 0.159. The second-order valence-corrected chi connectivity index (χ2v) is 7.76. The molecule has 2 aliphatic rings. The van der Waals surface area contributed by atoms with E-state index in [0.29, 0.717) is 4.90 Å². The van der Waals surface area contributed by atoms with Gasteiger partial charge in [0.05, 0.1) is 10.6 Å². The third-order valence-electron chi connectivity index (χ3n) is 4.33. The molecule has 2 aliphatic heterocycles. The van der Waals surface area contributed by atoms with Gasteiger partial charge in [-0.2, -0.15) is 0 Å². The Morgan fingerprint density at radius 3 is 2.26 bits per heavy atom. The van der Waals surface area contributed by atoms with Gasteiger partial charge in [-0.1, -0.05) is 6.92 Å². The van der Waals surface area contributed by atoms with Crippen LogP contribution < -0.4 is 10.2 Å². The number of nitrogens with zero attached hydrogens (tertiary/aromatic N) is 1. The SMILES string of the molecule is CCS(=O)(=O)c1ccc(N2C[C@H]3CNC[C@H]3C2)cc1. The summed E-state index contributed by atoms with van der Waals surface area (Å²) in [6, 6.07) is 7.36. The van der Waals surface area contributed by atoms with E-state index in [2.05, 4.69) is 10.2 Å². The second-order valence-electron chi connectivity index (χ2n) is 5.48. The highest BCUT2D eigenvalue weighted by atomic mass is 32.2. The van der Waals surface area contributed by atoms with Gasteiger partial charge in [-0.25, -0.2) is 8.42 Å². The zero-order chi connectivity index (χ0) is 13.5. The Morgan fingerprint density at radius 1 is 1.16 bits per heavy atom. The number of fused-ring (bicyclic) bond motifs is 1. The van der Waals surface area contributed by atoms with Crippen molar-refractivity contribution in [3.8, 4) is 0 Å². The van der Waals surface area contributed by atoms with E-state index < -0.39 is 9.84 Å². The van der Waals surface area contributed by atoms with Gasteiger partial charge >= 0.3 is 0 Å². The first-order valence-electron chi connectivity index (χ1n) is 6.88. The molecule has 1 aromatic carbocycles. The summed E-state index contributed by atoms with van der Waals surface area (Å²) >= 11 is 0. The summed E-state index contributed by atoms with van der Waals surface area (Å²) in [5.41, 5.74) is 1.14. The Labute approximate surface area is 114 Å². The third kappa shape index (κ3) is 2.37. The van der Waals surface area contributed by atoms with Crippen LogP contribution in [0.1, 0.15) is 6.92 Å². The van der Waals surface area contributed by atoms with E-state index in [9.17, 15) is 8.42 Å². The number of hydrogen-bond acceptors (Lipinski definition) is 4. The fraction of sp³-hybridized carbons (Fsp3) is 0.571. The molecule has 19 heavy (non-hydrogen) atoms. The molecule has 0 amide bonds. The van der Waals surface area contributed by atoms with E-state index in [0.717, 1.165) is 43.7 Å². The van der Waals surface area contributed by atoms with Crippen LogP contribution in [0.15, 0.2) is 29.2 Å². The zero-order valence-corrected chi connectivity index (χ0v) is 12.0. The van der Waals surface area contributed by atoms with Gasteiger partial charge in [-0.15, -0.1) is 0 Å². The number of benzene rings is 1. The Bertz CT molecular complexity index is 541. The number of rotatable bonds is 3. The van der Waals surface area contributed by atoms with Crippen molar-refractivity contribution in [1.82, 2.24) is 5.32 Å². The van der Waals surface area contributed by atoms with E-state index in [1.807, 2.05) is 12.1 Å². The van der Waals surface area contributed by atoms with Crippen LogP contribution in [0.2, 0.25) is 0 Å². The summed E-state index contributed by atoms with van der Waals surface area (Å²) < 4.78 is 23.5. The van der Waals surface area contributed by atoms with E-state index in [4.69, 9.17) is 0 Å². The highest BCUT2D eigenvalue weighted by Crippen LogP contribution is 2.30. The minimum atomic E-state index is -3.08. The Balaban J connectivity index is 1.77. The smallest absolute Gasteiger partial charge is 0.178 e. The topological polar surface area (TPSA) is 49.4 Å². The predicted octanol–water partition coefficient (Wildman–Crippen LogP) is 1.14. The van der Waals surface area contributed by atoms with Gasteiger partial charge in [0.15, 0.2) is 9.84 Å². The van der Waals surface area contributed by atoms with Crippen molar-refractivity contribution in [1.29, 1.82) is 0 Å². The van der Waals surface area contributed by atoms with E-state index in [-0.39, 0.29) is 5.75 Å². The summed E-state index contributed by atoms with van der Waals surface area (Å²) in [5.74, 6) is 1.66. The lowest BCUT2D eigenvalue weighted by atomic mass is 10.0. The lowest BCUT2D eigenvalue weighted by molar-refractivity contribution is 0.533. The lowest BCUT2D eigenvalue weighted by Crippen LogP contribution is -2.25. The molecule has 3 rings (SSSR count). The molecular weight excluding hydrogens is 260 g/mol. The van der Waals surface area contributed by atoms with Gasteiger partial charge in [-0.3, -0.25) is 0 Å². The third-order valence-corrected chi connectivity index (χ3v) is 6.08. The standard InChI is InChI=1S/C14H20N2O2S/c1-2-19(17,18)14-5-3-13(4-6-14)16-9-11-7-15-8-12(11)10-16/h3-6,11-12,15H,2,7-10H2,1H3/t11-,12+. The highest BCUT2D eigenvalue weighted by Gasteiger charge is 2.36. The Hall–Kier alpha value is -1.07. The molecule has 0 aromatic heterocycles. The molecule has 0 spiro atoms. The van der Waals surface area contributed by atoms with Gasteiger partial charge in [0.1, 0.15) is 0 Å². The van der Waals surface area contributed by atoms with Crippen molar-refractivity contribution in [2.45, 2.75) is 11.8 Å². The van der Waals surface area contributed by atoms with Crippen molar-refractivity contribution < 1.29 is 8.42 Å². The van der Waals surface area contributed by atoms with Crippen LogP contribution >= 0.6 is 0 Å². The first kappa shape index (κ1) is 12.9. The maximum absolute atomic E-state index is 11.8. The Morgan fingerprint density at radius 2 is 1.74 bits per heavy atom. The molecule has 0 unspecified atom stereocenters. The predicted molar refractivity (Wildman–Crippen MR) is 76.2 cm³/mol. The molecule has 0 saturated carbocycles. The fourth-order valence-corrected chi connectivity index (χ4v) is 3.98. The average Bonchev–Trinajstić information content (AvgIpc) is 2.99. The number of anilines is 1. The van der Waals surface area contributed by atoms with Crippen molar-refractivity contribution in [2.75, 3.05) is 36.8 Å². The fourth-order valence-electron chi connectivity index (χ4n) is 3.10. The van der Waals surface area contributed by atoms with Gasteiger partial charge in [0.25, 0.3) is 0 Å². The molecule has 2 fully saturated rings. The molecule has 0 radical (unpaired) electrons. The maximum atomic E-state index is 11.8. The molecule has 1 N–H and O–H groups in total. The van der Waals surface area contributed by atoms with Crippen LogP contribution in [0.3, 0.4) is 0 Å². The highest BCUT2D eigenvalue weighted by molar-refractivity contribution is 7.91. The van der Waals surface area contributed by atoms with Gasteiger partial charge in [-0.05, 0) is 36.1 Å². The molecule has 5 heteroatoms. The maximum Gasteiger partial charge on any atom is 0.178 e. The van der Waals surface area contributed by atoms with Crippen LogP contribution in [0.25, 0.3) is 0 Å². The summed E-state index contributed by atoms with van der Waals surface area (Å²) in [7, 11) is -3.08. The number of hydrogen-bond donors (Lipinski definition) is 1. The van der Waals surface area contributed by atoms with Crippen LogP contribution in [-0.2, 0) is 9.84 Å². The molecule has 2 saturated heterocycles. The minimum Gasteiger partial charge on any atom is -0.371 e. The molecule has 2 atom stereocenters. The van der Waals surface area contributed by atoms with Crippen molar-refractivity contribution >= 4 is 15.5 Å². The molecule has 1 aromatic rings. The lowest BCUT2D eigenvalue weighted by Gasteiger charge is -2.20. The first-order valence-corrected chi connectivity index (χ1v) is 8.54. The molecule has 4 nitrogen and oxygen atoms in total. The van der Waals surface area contributed by atoms with E-state index in [1.165, 1.54) is 0 Å². The number of sulfone groups is 1. The summed E-state index contributed by atoms with van der Waals surface area (Å²) in [4.78, 5) is 2.80. The monoisotopic (exact) mass is 280 g/mol. The zero-order valence-electron chi connectivity index (χ0n) is 11.2. The normalized spacial score (nSPS) is 26.7. The molecule has 104 valence electrons. The largest absolute Gasteiger partial charge is 0.371 e. The van der Waals surface area contributed by atoms with Crippen molar-refractivity contribution in [2.24, 2.45) is 11.8 Å². The number of nitrogens with one attached hydrogen (secondary N) is 1. The average molecular weight is 280 g/mol. The van der Waals surface area contributed by atoms with Crippen LogP contribution in [-0.4, -0.2) is 40.3 Å². The van der Waals surface area contributed by atoms with Crippen molar-refractivity contribution in [3.05, 3.63) is 24.3 Å². The quantitative estimate of drug-likeness (QED) is 0.902. The molecular formula is C14H20N2O2S. The molecule has 0 bridgehead atoms. The summed E-state index contributed by atoms with van der Waals surface area (Å²) in [5, 5.41) is 3.43. The Kier molecular flexibility index (Phi) is 3.27. The van der Waals surface area contributed by atoms with Crippen LogP contribution in [0.5, 0.6) is 0 Å². The molecule has 2 heterocycles. The van der Waals surface area contributed by atoms with E-state index >= 15 is 0 Å². The van der Waals surface area contributed by atoms with E-state index in [1.54, 1.807) is 19.1 Å². The first-order chi connectivity index (χ1) is 9.10. The van der Waals surface area contributed by atoms with Crippen molar-refractivity contribution in [3.63, 3.8) is 0 Å². The summed E-state index contributed by atoms with van der Waals surface area (Å²) in [6.45, 7) is 6.07. The molecule has 0 aliphatic carbocycles. The van der Waals surface area contributed by atoms with Crippen LogP contribution in [0.4, 0.5) is 5.69 Å². The van der Waals surface area contributed by atoms with Crippen LogP contribution in [0, 0.1) is 11.8 Å². The summed E-state index contributed by atoms with van der Waals surface area (Å²) in [6.07, 6.45) is 0.